The number of allylic oxidation sites excluding steroid dienone is 2. The van der Waals surface area contributed by atoms with Crippen molar-refractivity contribution in [2.45, 2.75) is 6.92 Å². The van der Waals surface area contributed by atoms with Gasteiger partial charge in [0.1, 0.15) is 0 Å². The largest absolute Gasteiger partial charge is 0.504 e. The fourth-order valence-electron chi connectivity index (χ4n) is 0.429. The van der Waals surface area contributed by atoms with Crippen molar-refractivity contribution in [3.8, 4) is 0 Å². The van der Waals surface area contributed by atoms with Gasteiger partial charge in [-0.25, -0.2) is 0 Å². The topological polar surface area (TPSA) is 35.2 Å². The zero-order chi connectivity index (χ0) is 7.11. The number of hydrogen-bond acceptors (Lipinski definition) is 2. The van der Waals surface area contributed by atoms with Gasteiger partial charge in [-0.05, 0) is 13.0 Å². The molecule has 0 bridgehead atoms. The number of methoxy groups -OCH3 is 1. The van der Waals surface area contributed by atoms with Crippen LogP contribution in [0.5, 0.6) is 0 Å². The Labute approximate surface area is 56.0 Å². The molecule has 9 heavy (non-hydrogen) atoms. The van der Waals surface area contributed by atoms with E-state index >= 15 is 0 Å². The third kappa shape index (κ3) is 5.11. The second-order valence-electron chi connectivity index (χ2n) is 1.72. The van der Waals surface area contributed by atoms with Crippen LogP contribution in [-0.2, 0) is 4.74 Å². The molecule has 0 saturated heterocycles. The highest BCUT2D eigenvalue weighted by Gasteiger charge is 1.76. The summed E-state index contributed by atoms with van der Waals surface area (Å²) in [5.41, 5.74) is 6.37. The average Bonchev–Trinajstić information content (AvgIpc) is 1.85. The molecule has 0 rings (SSSR count). The first-order chi connectivity index (χ1) is 4.31. The van der Waals surface area contributed by atoms with E-state index in [9.17, 15) is 0 Å². The van der Waals surface area contributed by atoms with Crippen LogP contribution in [0.4, 0.5) is 0 Å². The van der Waals surface area contributed by atoms with Crippen LogP contribution < -0.4 is 5.73 Å². The van der Waals surface area contributed by atoms with Gasteiger partial charge in [-0.2, -0.15) is 0 Å². The van der Waals surface area contributed by atoms with Crippen molar-refractivity contribution in [1.29, 1.82) is 0 Å². The number of ether oxygens (including phenoxy) is 1. The van der Waals surface area contributed by atoms with Gasteiger partial charge in [0.25, 0.3) is 0 Å². The predicted octanol–water partition coefficient (Wildman–Crippen LogP) is 1.05. The monoisotopic (exact) mass is 127 g/mol. The minimum atomic E-state index is 0.583. The first-order valence-electron chi connectivity index (χ1n) is 2.87. The van der Waals surface area contributed by atoms with Crippen molar-refractivity contribution in [3.05, 3.63) is 24.0 Å². The standard InChI is InChI=1S/C7H13NO/c1-7(3-5-8)4-6-9-2/h3-4,6H,5,8H2,1-2H3/b6-4-,7-3+. The van der Waals surface area contributed by atoms with E-state index in [1.807, 2.05) is 19.1 Å². The van der Waals surface area contributed by atoms with Crippen molar-refractivity contribution in [3.63, 3.8) is 0 Å². The van der Waals surface area contributed by atoms with Crippen LogP contribution in [0, 0.1) is 0 Å². The minimum absolute atomic E-state index is 0.583. The molecule has 2 heteroatoms. The molecule has 0 heterocycles. The molecule has 0 aliphatic carbocycles. The number of nitrogens with two attached hydrogens (primary N) is 1. The Morgan fingerprint density at radius 2 is 2.33 bits per heavy atom. The van der Waals surface area contributed by atoms with Gasteiger partial charge in [-0.1, -0.05) is 11.6 Å². The van der Waals surface area contributed by atoms with E-state index in [0.717, 1.165) is 5.57 Å². The maximum atomic E-state index is 5.25. The second-order valence-corrected chi connectivity index (χ2v) is 1.72. The Hall–Kier alpha value is -0.760. The fourth-order valence-corrected chi connectivity index (χ4v) is 0.429. The van der Waals surface area contributed by atoms with E-state index in [1.165, 1.54) is 0 Å². The summed E-state index contributed by atoms with van der Waals surface area (Å²) in [7, 11) is 1.62. The molecule has 2 N–H and O–H groups in total. The molecule has 0 unspecified atom stereocenters. The third-order valence-electron chi connectivity index (χ3n) is 0.907. The molecule has 0 aliphatic heterocycles. The molecule has 0 spiro atoms. The van der Waals surface area contributed by atoms with Crippen LogP contribution in [0.2, 0.25) is 0 Å². The molecule has 2 nitrogen and oxygen atoms in total. The molecular formula is C7H13NO. The van der Waals surface area contributed by atoms with Gasteiger partial charge in [-0.3, -0.25) is 0 Å². The van der Waals surface area contributed by atoms with Crippen molar-refractivity contribution in [2.75, 3.05) is 13.7 Å². The van der Waals surface area contributed by atoms with E-state index in [4.69, 9.17) is 10.5 Å². The lowest BCUT2D eigenvalue weighted by molar-refractivity contribution is 0.338. The summed E-state index contributed by atoms with van der Waals surface area (Å²) in [6, 6.07) is 0. The third-order valence-corrected chi connectivity index (χ3v) is 0.907. The maximum absolute atomic E-state index is 5.25. The van der Waals surface area contributed by atoms with Crippen LogP contribution >= 0.6 is 0 Å². The first kappa shape index (κ1) is 8.24. The van der Waals surface area contributed by atoms with Crippen molar-refractivity contribution >= 4 is 0 Å². The Morgan fingerprint density at radius 3 is 2.78 bits per heavy atom. The van der Waals surface area contributed by atoms with Gasteiger partial charge < -0.3 is 10.5 Å². The molecule has 0 aromatic carbocycles. The summed E-state index contributed by atoms with van der Waals surface area (Å²) in [5.74, 6) is 0. The molecule has 0 saturated carbocycles. The fraction of sp³-hybridized carbons (Fsp3) is 0.429. The summed E-state index contributed by atoms with van der Waals surface area (Å²) in [6.45, 7) is 2.56. The molecule has 0 fully saturated rings. The van der Waals surface area contributed by atoms with Gasteiger partial charge >= 0.3 is 0 Å². The molecular weight excluding hydrogens is 114 g/mol. The van der Waals surface area contributed by atoms with E-state index in [1.54, 1.807) is 13.4 Å². The van der Waals surface area contributed by atoms with Crippen LogP contribution in [0.15, 0.2) is 24.0 Å². The number of hydrogen-bond donors (Lipinski definition) is 1. The van der Waals surface area contributed by atoms with Crippen LogP contribution in [-0.4, -0.2) is 13.7 Å². The number of rotatable bonds is 3. The van der Waals surface area contributed by atoms with Gasteiger partial charge in [0, 0.05) is 6.54 Å². The SMILES string of the molecule is CO/C=C\C(C)=C\CN. The van der Waals surface area contributed by atoms with Gasteiger partial charge in [-0.15, -0.1) is 0 Å². The predicted molar refractivity (Wildman–Crippen MR) is 39.0 cm³/mol. The molecule has 52 valence electrons. The maximum Gasteiger partial charge on any atom is 0.0827 e. The lowest BCUT2D eigenvalue weighted by atomic mass is 10.3. The van der Waals surface area contributed by atoms with E-state index in [-0.39, 0.29) is 0 Å². The summed E-state index contributed by atoms with van der Waals surface area (Å²) in [6.07, 6.45) is 5.42. The van der Waals surface area contributed by atoms with Crippen molar-refractivity contribution in [1.82, 2.24) is 0 Å². The van der Waals surface area contributed by atoms with Gasteiger partial charge in [0.05, 0.1) is 13.4 Å². The summed E-state index contributed by atoms with van der Waals surface area (Å²) >= 11 is 0. The minimum Gasteiger partial charge on any atom is -0.504 e. The van der Waals surface area contributed by atoms with Crippen LogP contribution in [0.1, 0.15) is 6.92 Å². The normalized spacial score (nSPS) is 12.6. The van der Waals surface area contributed by atoms with Crippen LogP contribution in [0.3, 0.4) is 0 Å². The van der Waals surface area contributed by atoms with Gasteiger partial charge in [0.2, 0.25) is 0 Å². The molecule has 0 aromatic rings. The smallest absolute Gasteiger partial charge is 0.0827 e. The summed E-state index contributed by atoms with van der Waals surface area (Å²) in [4.78, 5) is 0. The highest BCUT2D eigenvalue weighted by Crippen LogP contribution is 1.91. The zero-order valence-electron chi connectivity index (χ0n) is 5.92. The van der Waals surface area contributed by atoms with E-state index < -0.39 is 0 Å². The van der Waals surface area contributed by atoms with Gasteiger partial charge in [0.15, 0.2) is 0 Å². The Bertz CT molecular complexity index is 116. The summed E-state index contributed by atoms with van der Waals surface area (Å²) in [5, 5.41) is 0. The quantitative estimate of drug-likeness (QED) is 0.454. The first-order valence-corrected chi connectivity index (χ1v) is 2.87. The lowest BCUT2D eigenvalue weighted by Gasteiger charge is -1.88. The molecule has 0 atom stereocenters. The zero-order valence-corrected chi connectivity index (χ0v) is 5.92. The molecule has 0 radical (unpaired) electrons. The molecule has 0 aliphatic rings. The summed E-state index contributed by atoms with van der Waals surface area (Å²) < 4.78 is 4.70. The lowest BCUT2D eigenvalue weighted by Crippen LogP contribution is -1.93. The highest BCUT2D eigenvalue weighted by atomic mass is 16.5. The highest BCUT2D eigenvalue weighted by molar-refractivity contribution is 5.14. The second kappa shape index (κ2) is 5.38. The van der Waals surface area contributed by atoms with E-state index in [2.05, 4.69) is 0 Å². The Morgan fingerprint density at radius 1 is 1.67 bits per heavy atom. The Kier molecular flexibility index (Phi) is 4.92. The van der Waals surface area contributed by atoms with Crippen molar-refractivity contribution in [2.24, 2.45) is 5.73 Å². The van der Waals surface area contributed by atoms with E-state index in [0.29, 0.717) is 6.54 Å². The van der Waals surface area contributed by atoms with Crippen LogP contribution in [0.25, 0.3) is 0 Å². The Balaban J connectivity index is 3.60. The molecule has 0 aromatic heterocycles. The average molecular weight is 127 g/mol. The van der Waals surface area contributed by atoms with Crippen molar-refractivity contribution < 1.29 is 4.74 Å². The molecule has 0 amide bonds.